The van der Waals surface area contributed by atoms with Gasteiger partial charge in [0.2, 0.25) is 0 Å². The van der Waals surface area contributed by atoms with Crippen molar-refractivity contribution < 1.29 is 9.53 Å². The number of rotatable bonds is 3. The fourth-order valence-electron chi connectivity index (χ4n) is 1.87. The number of methoxy groups -OCH3 is 1. The predicted octanol–water partition coefficient (Wildman–Crippen LogP) is 1.18. The summed E-state index contributed by atoms with van der Waals surface area (Å²) in [6.07, 6.45) is 3.58. The highest BCUT2D eigenvalue weighted by molar-refractivity contribution is 7.10. The molecule has 1 N–H and O–H groups in total. The van der Waals surface area contributed by atoms with Crippen molar-refractivity contribution in [2.24, 2.45) is 0 Å². The molecule has 2 rings (SSSR count). The Balaban J connectivity index is 1.93. The molecule has 1 saturated heterocycles. The van der Waals surface area contributed by atoms with Crippen molar-refractivity contribution in [1.29, 1.82) is 0 Å². The van der Waals surface area contributed by atoms with Crippen LogP contribution in [-0.4, -0.2) is 46.8 Å². The van der Waals surface area contributed by atoms with Crippen molar-refractivity contribution in [3.05, 3.63) is 6.20 Å². The molecule has 88 valence electrons. The van der Waals surface area contributed by atoms with E-state index in [1.165, 1.54) is 11.5 Å². The highest BCUT2D eigenvalue weighted by Crippen LogP contribution is 2.19. The number of likely N-dealkylation sites (tertiary alicyclic amines) is 1. The number of hydrogen-bond donors (Lipinski definition) is 1. The molecule has 1 aromatic heterocycles. The Kier molecular flexibility index (Phi) is 3.68. The van der Waals surface area contributed by atoms with Gasteiger partial charge in [0.15, 0.2) is 0 Å². The van der Waals surface area contributed by atoms with Gasteiger partial charge in [-0.15, -0.1) is 5.10 Å². The SMILES string of the molecule is COC[C@@H]1CCCN1C(=O)Nc1cnns1. The number of nitrogens with zero attached hydrogens (tertiary/aromatic N) is 3. The molecule has 7 heteroatoms. The smallest absolute Gasteiger partial charge is 0.322 e. The minimum absolute atomic E-state index is 0.0920. The van der Waals surface area contributed by atoms with Crippen LogP contribution in [0.3, 0.4) is 0 Å². The lowest BCUT2D eigenvalue weighted by Crippen LogP contribution is -2.40. The highest BCUT2D eigenvalue weighted by Gasteiger charge is 2.28. The van der Waals surface area contributed by atoms with Crippen LogP contribution in [0.25, 0.3) is 0 Å². The molecule has 1 atom stereocenters. The molecule has 0 aromatic carbocycles. The van der Waals surface area contributed by atoms with Crippen molar-refractivity contribution in [1.82, 2.24) is 14.5 Å². The number of anilines is 1. The van der Waals surface area contributed by atoms with Gasteiger partial charge in [-0.3, -0.25) is 5.32 Å². The third-order valence-corrected chi connectivity index (χ3v) is 3.17. The van der Waals surface area contributed by atoms with Gasteiger partial charge in [0, 0.05) is 25.2 Å². The van der Waals surface area contributed by atoms with Crippen molar-refractivity contribution in [2.75, 3.05) is 25.6 Å². The molecule has 0 radical (unpaired) electrons. The van der Waals surface area contributed by atoms with Gasteiger partial charge in [-0.05, 0) is 12.8 Å². The third-order valence-electron chi connectivity index (χ3n) is 2.59. The van der Waals surface area contributed by atoms with E-state index in [2.05, 4.69) is 14.9 Å². The molecule has 1 aromatic rings. The summed E-state index contributed by atoms with van der Waals surface area (Å²) in [7, 11) is 1.65. The predicted molar refractivity (Wildman–Crippen MR) is 60.5 cm³/mol. The summed E-state index contributed by atoms with van der Waals surface area (Å²) in [6, 6.07) is 0.0940. The molecule has 2 heterocycles. The zero-order valence-electron chi connectivity index (χ0n) is 9.05. The summed E-state index contributed by atoms with van der Waals surface area (Å²) in [5.74, 6) is 0. The van der Waals surface area contributed by atoms with Crippen LogP contribution < -0.4 is 5.32 Å². The van der Waals surface area contributed by atoms with Crippen LogP contribution in [0.15, 0.2) is 6.20 Å². The van der Waals surface area contributed by atoms with Crippen LogP contribution >= 0.6 is 11.5 Å². The van der Waals surface area contributed by atoms with Crippen LogP contribution in [0.2, 0.25) is 0 Å². The molecule has 0 saturated carbocycles. The standard InChI is InChI=1S/C9H14N4O2S/c1-15-6-7-3-2-4-13(7)9(14)11-8-5-10-12-16-8/h5,7H,2-4,6H2,1H3,(H,11,14)/t7-/m0/s1. The van der Waals surface area contributed by atoms with Crippen molar-refractivity contribution in [3.8, 4) is 0 Å². The summed E-state index contributed by atoms with van der Waals surface area (Å²) in [6.45, 7) is 1.38. The maximum absolute atomic E-state index is 11.9. The summed E-state index contributed by atoms with van der Waals surface area (Å²) < 4.78 is 8.79. The summed E-state index contributed by atoms with van der Waals surface area (Å²) in [4.78, 5) is 13.7. The van der Waals surface area contributed by atoms with Gasteiger partial charge in [0.05, 0.1) is 18.8 Å². The largest absolute Gasteiger partial charge is 0.383 e. The first kappa shape index (κ1) is 11.3. The first-order valence-corrected chi connectivity index (χ1v) is 5.92. The van der Waals surface area contributed by atoms with E-state index < -0.39 is 0 Å². The van der Waals surface area contributed by atoms with Crippen LogP contribution in [0.5, 0.6) is 0 Å². The van der Waals surface area contributed by atoms with E-state index >= 15 is 0 Å². The summed E-state index contributed by atoms with van der Waals surface area (Å²) in [5, 5.41) is 7.12. The maximum Gasteiger partial charge on any atom is 0.322 e. The molecular formula is C9H14N4O2S. The molecule has 6 nitrogen and oxygen atoms in total. The monoisotopic (exact) mass is 242 g/mol. The number of aromatic nitrogens is 2. The number of carbonyl (C=O) groups excluding carboxylic acids is 1. The first-order valence-electron chi connectivity index (χ1n) is 5.15. The molecule has 1 aliphatic rings. The second kappa shape index (κ2) is 5.22. The zero-order chi connectivity index (χ0) is 11.4. The normalized spacial score (nSPS) is 20.1. The topological polar surface area (TPSA) is 67.3 Å². The lowest BCUT2D eigenvalue weighted by molar-refractivity contribution is 0.128. The number of hydrogen-bond acceptors (Lipinski definition) is 5. The van der Waals surface area contributed by atoms with Crippen molar-refractivity contribution >= 4 is 22.6 Å². The third kappa shape index (κ3) is 2.48. The molecule has 2 amide bonds. The molecule has 1 fully saturated rings. The number of amides is 2. The Morgan fingerprint density at radius 1 is 1.81 bits per heavy atom. The molecule has 0 bridgehead atoms. The highest BCUT2D eigenvalue weighted by atomic mass is 32.1. The van der Waals surface area contributed by atoms with E-state index in [-0.39, 0.29) is 12.1 Å². The lowest BCUT2D eigenvalue weighted by Gasteiger charge is -2.23. The maximum atomic E-state index is 11.9. The minimum atomic E-state index is -0.0920. The minimum Gasteiger partial charge on any atom is -0.383 e. The Bertz CT molecular complexity index is 343. The second-order valence-electron chi connectivity index (χ2n) is 3.66. The van der Waals surface area contributed by atoms with Gasteiger partial charge < -0.3 is 9.64 Å². The van der Waals surface area contributed by atoms with Crippen LogP contribution in [0.1, 0.15) is 12.8 Å². The molecule has 0 spiro atoms. The average Bonchev–Trinajstić information content (AvgIpc) is 2.89. The van der Waals surface area contributed by atoms with E-state index in [4.69, 9.17) is 4.74 Å². The van der Waals surface area contributed by atoms with Gasteiger partial charge in [0.25, 0.3) is 0 Å². The van der Waals surface area contributed by atoms with E-state index in [9.17, 15) is 4.79 Å². The van der Waals surface area contributed by atoms with E-state index in [0.29, 0.717) is 11.6 Å². The van der Waals surface area contributed by atoms with E-state index in [1.807, 2.05) is 4.90 Å². The Morgan fingerprint density at radius 2 is 2.69 bits per heavy atom. The average molecular weight is 242 g/mol. The molecule has 1 aliphatic heterocycles. The number of nitrogens with one attached hydrogen (secondary N) is 1. The van der Waals surface area contributed by atoms with Gasteiger partial charge in [0.1, 0.15) is 5.00 Å². The van der Waals surface area contributed by atoms with E-state index in [1.54, 1.807) is 13.3 Å². The van der Waals surface area contributed by atoms with Gasteiger partial charge in [-0.25, -0.2) is 4.79 Å². The Morgan fingerprint density at radius 3 is 3.38 bits per heavy atom. The number of ether oxygens (including phenoxy) is 1. The number of carbonyl (C=O) groups is 1. The summed E-state index contributed by atoms with van der Waals surface area (Å²) >= 11 is 1.17. The molecule has 0 unspecified atom stereocenters. The van der Waals surface area contributed by atoms with Crippen molar-refractivity contribution in [3.63, 3.8) is 0 Å². The van der Waals surface area contributed by atoms with Gasteiger partial charge >= 0.3 is 6.03 Å². The zero-order valence-corrected chi connectivity index (χ0v) is 9.87. The molecule has 16 heavy (non-hydrogen) atoms. The first-order chi connectivity index (χ1) is 7.81. The van der Waals surface area contributed by atoms with Crippen LogP contribution in [-0.2, 0) is 4.74 Å². The number of urea groups is 1. The van der Waals surface area contributed by atoms with Crippen LogP contribution in [0, 0.1) is 0 Å². The fourth-order valence-corrected chi connectivity index (χ4v) is 2.28. The Hall–Kier alpha value is -1.21. The lowest BCUT2D eigenvalue weighted by atomic mass is 10.2. The quantitative estimate of drug-likeness (QED) is 0.864. The summed E-state index contributed by atoms with van der Waals surface area (Å²) in [5.41, 5.74) is 0. The van der Waals surface area contributed by atoms with Crippen molar-refractivity contribution in [2.45, 2.75) is 18.9 Å². The molecular weight excluding hydrogens is 228 g/mol. The Labute approximate surface area is 97.8 Å². The van der Waals surface area contributed by atoms with Gasteiger partial charge in [-0.2, -0.15) is 0 Å². The second-order valence-corrected chi connectivity index (χ2v) is 4.44. The van der Waals surface area contributed by atoms with Gasteiger partial charge in [-0.1, -0.05) is 4.49 Å². The fraction of sp³-hybridized carbons (Fsp3) is 0.667. The van der Waals surface area contributed by atoms with Crippen LogP contribution in [0.4, 0.5) is 9.80 Å². The molecule has 0 aliphatic carbocycles. The van der Waals surface area contributed by atoms with E-state index in [0.717, 1.165) is 19.4 Å².